The molecular weight excluding hydrogens is 399 g/mol. The Bertz CT molecular complexity index is 717. The van der Waals surface area contributed by atoms with Crippen LogP contribution in [-0.4, -0.2) is 12.5 Å². The lowest BCUT2D eigenvalue weighted by molar-refractivity contribution is 0.0984. The minimum atomic E-state index is -0.0200. The molecule has 0 bridgehead atoms. The van der Waals surface area contributed by atoms with E-state index in [1.807, 2.05) is 29.2 Å². The highest BCUT2D eigenvalue weighted by atomic mass is 127. The zero-order chi connectivity index (χ0) is 15.0. The molecule has 2 N–H and O–H groups in total. The Morgan fingerprint density at radius 1 is 1.24 bits per heavy atom. The summed E-state index contributed by atoms with van der Waals surface area (Å²) in [7, 11) is 0. The third-order valence-corrected chi connectivity index (χ3v) is 4.81. The van der Waals surface area contributed by atoms with E-state index in [1.165, 1.54) is 5.56 Å². The molecule has 0 aromatic heterocycles. The minimum Gasteiger partial charge on any atom is -0.399 e. The first-order chi connectivity index (χ1) is 10.1. The van der Waals surface area contributed by atoms with Gasteiger partial charge >= 0.3 is 0 Å². The molecule has 0 saturated carbocycles. The Hall–Kier alpha value is -1.27. The Morgan fingerprint density at radius 3 is 2.86 bits per heavy atom. The predicted molar refractivity (Wildman–Crippen MR) is 95.0 cm³/mol. The summed E-state index contributed by atoms with van der Waals surface area (Å²) in [5, 5.41) is 0.573. The van der Waals surface area contributed by atoms with Gasteiger partial charge in [-0.15, -0.1) is 0 Å². The van der Waals surface area contributed by atoms with Crippen molar-refractivity contribution in [1.82, 2.24) is 0 Å². The van der Waals surface area contributed by atoms with Crippen LogP contribution in [0.25, 0.3) is 0 Å². The van der Waals surface area contributed by atoms with Crippen molar-refractivity contribution in [2.75, 3.05) is 17.2 Å². The average Bonchev–Trinajstić information content (AvgIpc) is 2.48. The number of rotatable bonds is 1. The molecule has 1 aliphatic rings. The Labute approximate surface area is 142 Å². The molecule has 5 heteroatoms. The van der Waals surface area contributed by atoms with Crippen LogP contribution in [0.2, 0.25) is 5.02 Å². The molecule has 0 aliphatic carbocycles. The first-order valence-electron chi connectivity index (χ1n) is 6.71. The molecule has 0 radical (unpaired) electrons. The fourth-order valence-corrected chi connectivity index (χ4v) is 3.35. The number of carbonyl (C=O) groups is 1. The van der Waals surface area contributed by atoms with Gasteiger partial charge in [0.1, 0.15) is 0 Å². The van der Waals surface area contributed by atoms with E-state index in [4.69, 9.17) is 17.3 Å². The number of nitrogens with zero attached hydrogens (tertiary/aromatic N) is 1. The van der Waals surface area contributed by atoms with Crippen molar-refractivity contribution >= 4 is 51.5 Å². The van der Waals surface area contributed by atoms with Crippen molar-refractivity contribution in [3.8, 4) is 0 Å². The van der Waals surface area contributed by atoms with E-state index in [0.29, 0.717) is 22.8 Å². The van der Waals surface area contributed by atoms with E-state index in [0.717, 1.165) is 22.1 Å². The number of hydrogen-bond acceptors (Lipinski definition) is 2. The highest BCUT2D eigenvalue weighted by Gasteiger charge is 2.25. The molecular formula is C16H14ClIN2O. The number of aryl methyl sites for hydroxylation is 1. The maximum Gasteiger partial charge on any atom is 0.259 e. The van der Waals surface area contributed by atoms with Gasteiger partial charge in [-0.2, -0.15) is 0 Å². The number of anilines is 2. The van der Waals surface area contributed by atoms with E-state index in [9.17, 15) is 4.79 Å². The zero-order valence-corrected chi connectivity index (χ0v) is 14.2. The van der Waals surface area contributed by atoms with Crippen molar-refractivity contribution in [2.24, 2.45) is 0 Å². The summed E-state index contributed by atoms with van der Waals surface area (Å²) < 4.78 is 0.901. The Balaban J connectivity index is 2.04. The van der Waals surface area contributed by atoms with Crippen molar-refractivity contribution in [2.45, 2.75) is 12.8 Å². The molecule has 2 aromatic rings. The van der Waals surface area contributed by atoms with Crippen LogP contribution in [0.1, 0.15) is 22.3 Å². The number of fused-ring (bicyclic) bond motifs is 1. The van der Waals surface area contributed by atoms with Crippen molar-refractivity contribution in [3.63, 3.8) is 0 Å². The highest BCUT2D eigenvalue weighted by Crippen LogP contribution is 2.31. The van der Waals surface area contributed by atoms with E-state index >= 15 is 0 Å². The van der Waals surface area contributed by atoms with E-state index < -0.39 is 0 Å². The van der Waals surface area contributed by atoms with Gasteiger partial charge in [0, 0.05) is 26.5 Å². The summed E-state index contributed by atoms with van der Waals surface area (Å²) in [6.45, 7) is 0.706. The van der Waals surface area contributed by atoms with Crippen LogP contribution in [0.4, 0.5) is 11.4 Å². The molecule has 1 heterocycles. The maximum absolute atomic E-state index is 12.9. The highest BCUT2D eigenvalue weighted by molar-refractivity contribution is 14.1. The number of hydrogen-bond donors (Lipinski definition) is 1. The first kappa shape index (κ1) is 14.7. The van der Waals surface area contributed by atoms with Crippen molar-refractivity contribution < 1.29 is 4.79 Å². The summed E-state index contributed by atoms with van der Waals surface area (Å²) in [4.78, 5) is 14.7. The fourth-order valence-electron chi connectivity index (χ4n) is 2.61. The van der Waals surface area contributed by atoms with Crippen molar-refractivity contribution in [1.29, 1.82) is 0 Å². The molecule has 3 rings (SSSR count). The number of nitrogens with two attached hydrogens (primary N) is 1. The number of amides is 1. The van der Waals surface area contributed by atoms with E-state index in [1.54, 1.807) is 12.1 Å². The van der Waals surface area contributed by atoms with Crippen LogP contribution >= 0.6 is 34.2 Å². The molecule has 1 amide bonds. The van der Waals surface area contributed by atoms with Gasteiger partial charge in [0.2, 0.25) is 0 Å². The number of nitrogen functional groups attached to an aromatic ring is 1. The van der Waals surface area contributed by atoms with Crippen LogP contribution in [0, 0.1) is 3.57 Å². The molecule has 0 saturated heterocycles. The first-order valence-corrected chi connectivity index (χ1v) is 8.17. The lowest BCUT2D eigenvalue weighted by Crippen LogP contribution is -2.36. The smallest absolute Gasteiger partial charge is 0.259 e. The second-order valence-corrected chi connectivity index (χ2v) is 6.67. The second kappa shape index (κ2) is 5.85. The molecule has 2 aromatic carbocycles. The standard InChI is InChI=1S/C16H14ClIN2O/c17-11-4-6-14(18)13(8-11)16(21)20-7-1-2-10-3-5-12(19)9-15(10)20/h3-6,8-9H,1-2,7,19H2. The molecule has 21 heavy (non-hydrogen) atoms. The van der Waals surface area contributed by atoms with Gasteiger partial charge in [-0.3, -0.25) is 4.79 Å². The molecule has 3 nitrogen and oxygen atoms in total. The van der Waals surface area contributed by atoms with Crippen molar-refractivity contribution in [3.05, 3.63) is 56.1 Å². The van der Waals surface area contributed by atoms with Crippen LogP contribution < -0.4 is 10.6 Å². The average molecular weight is 413 g/mol. The third kappa shape index (κ3) is 2.87. The molecule has 108 valence electrons. The number of benzene rings is 2. The zero-order valence-electron chi connectivity index (χ0n) is 11.3. The molecule has 0 atom stereocenters. The lowest BCUT2D eigenvalue weighted by atomic mass is 10.00. The molecule has 0 spiro atoms. The third-order valence-electron chi connectivity index (χ3n) is 3.63. The summed E-state index contributed by atoms with van der Waals surface area (Å²) in [5.74, 6) is -0.0200. The quantitative estimate of drug-likeness (QED) is 0.566. The Morgan fingerprint density at radius 2 is 2.05 bits per heavy atom. The largest absolute Gasteiger partial charge is 0.399 e. The van der Waals surface area contributed by atoms with E-state index in [-0.39, 0.29) is 5.91 Å². The summed E-state index contributed by atoms with van der Waals surface area (Å²) >= 11 is 8.20. The van der Waals surface area contributed by atoms with Crippen LogP contribution in [-0.2, 0) is 6.42 Å². The SMILES string of the molecule is Nc1ccc2c(c1)N(C(=O)c1cc(Cl)ccc1I)CCC2. The summed E-state index contributed by atoms with van der Waals surface area (Å²) in [6.07, 6.45) is 1.94. The van der Waals surface area contributed by atoms with Gasteiger partial charge in [-0.05, 0) is 71.3 Å². The maximum atomic E-state index is 12.9. The van der Waals surface area contributed by atoms with Gasteiger partial charge in [-0.1, -0.05) is 17.7 Å². The van der Waals surface area contributed by atoms with Crippen LogP contribution in [0.15, 0.2) is 36.4 Å². The monoisotopic (exact) mass is 412 g/mol. The minimum absolute atomic E-state index is 0.0200. The Kier molecular flexibility index (Phi) is 4.08. The number of halogens is 2. The molecule has 0 fully saturated rings. The fraction of sp³-hybridized carbons (Fsp3) is 0.188. The van der Waals surface area contributed by atoms with Crippen LogP contribution in [0.3, 0.4) is 0 Å². The number of carbonyl (C=O) groups excluding carboxylic acids is 1. The predicted octanol–water partition coefficient (Wildman–Crippen LogP) is 4.12. The van der Waals surface area contributed by atoms with Gasteiger partial charge in [0.05, 0.1) is 5.56 Å². The van der Waals surface area contributed by atoms with Crippen LogP contribution in [0.5, 0.6) is 0 Å². The van der Waals surface area contributed by atoms with E-state index in [2.05, 4.69) is 22.6 Å². The summed E-state index contributed by atoms with van der Waals surface area (Å²) in [5.41, 5.74) is 9.27. The molecule has 0 unspecified atom stereocenters. The second-order valence-electron chi connectivity index (χ2n) is 5.07. The topological polar surface area (TPSA) is 46.3 Å². The van der Waals surface area contributed by atoms with Gasteiger partial charge < -0.3 is 10.6 Å². The lowest BCUT2D eigenvalue weighted by Gasteiger charge is -2.30. The van der Waals surface area contributed by atoms with Gasteiger partial charge in [0.25, 0.3) is 5.91 Å². The summed E-state index contributed by atoms with van der Waals surface area (Å²) in [6, 6.07) is 11.2. The molecule has 1 aliphatic heterocycles. The van der Waals surface area contributed by atoms with Gasteiger partial charge in [-0.25, -0.2) is 0 Å². The normalized spacial score (nSPS) is 13.9. The van der Waals surface area contributed by atoms with Gasteiger partial charge in [0.15, 0.2) is 0 Å².